The van der Waals surface area contributed by atoms with E-state index in [1.807, 2.05) is 36.6 Å². The van der Waals surface area contributed by atoms with Gasteiger partial charge in [-0.3, -0.25) is 15.2 Å². The molecule has 0 aliphatic rings. The second-order valence-electron chi connectivity index (χ2n) is 4.62. The Morgan fingerprint density at radius 3 is 2.91 bits per heavy atom. The number of amides is 1. The fraction of sp³-hybridized carbons (Fsp3) is 0.133. The molecule has 112 valence electrons. The number of methoxy groups -OCH3 is 1. The number of rotatable bonds is 4. The van der Waals surface area contributed by atoms with Crippen molar-refractivity contribution in [3.63, 3.8) is 0 Å². The molecule has 0 aliphatic carbocycles. The smallest absolute Gasteiger partial charge is 0.275 e. The largest absolute Gasteiger partial charge is 0.496 e. The van der Waals surface area contributed by atoms with Crippen molar-refractivity contribution in [1.29, 1.82) is 0 Å². The molecule has 0 saturated heterocycles. The number of hydrogen-bond acceptors (Lipinski definition) is 5. The van der Waals surface area contributed by atoms with Gasteiger partial charge in [0.1, 0.15) is 11.4 Å². The minimum atomic E-state index is -0.275. The predicted octanol–water partition coefficient (Wildman–Crippen LogP) is 3.10. The Balaban J connectivity index is 1.82. The first-order valence-corrected chi connectivity index (χ1v) is 7.47. The molecule has 0 saturated carbocycles. The van der Waals surface area contributed by atoms with Crippen LogP contribution in [0, 0.1) is 6.92 Å². The van der Waals surface area contributed by atoms with E-state index in [1.54, 1.807) is 13.2 Å². The lowest BCUT2D eigenvalue weighted by Crippen LogP contribution is -2.12. The highest BCUT2D eigenvalue weighted by atomic mass is 32.1. The Bertz CT molecular complexity index is 809. The zero-order valence-corrected chi connectivity index (χ0v) is 12.9. The van der Waals surface area contributed by atoms with E-state index in [2.05, 4.69) is 20.5 Å². The lowest BCUT2D eigenvalue weighted by atomic mass is 10.1. The highest BCUT2D eigenvalue weighted by Crippen LogP contribution is 2.28. The second kappa shape index (κ2) is 5.98. The van der Waals surface area contributed by atoms with Crippen LogP contribution in [0.4, 0.5) is 5.13 Å². The molecule has 2 aromatic heterocycles. The highest BCUT2D eigenvalue weighted by molar-refractivity contribution is 7.13. The van der Waals surface area contributed by atoms with Crippen molar-refractivity contribution in [1.82, 2.24) is 15.2 Å². The summed E-state index contributed by atoms with van der Waals surface area (Å²) in [6, 6.07) is 9.20. The molecule has 0 radical (unpaired) electrons. The molecule has 0 aliphatic heterocycles. The first-order valence-electron chi connectivity index (χ1n) is 6.59. The summed E-state index contributed by atoms with van der Waals surface area (Å²) >= 11 is 1.38. The van der Waals surface area contributed by atoms with Gasteiger partial charge in [-0.25, -0.2) is 4.98 Å². The van der Waals surface area contributed by atoms with Crippen molar-refractivity contribution in [3.8, 4) is 17.0 Å². The molecule has 3 aromatic rings. The summed E-state index contributed by atoms with van der Waals surface area (Å²) in [6.07, 6.45) is 0. The summed E-state index contributed by atoms with van der Waals surface area (Å²) in [5.41, 5.74) is 2.72. The number of H-pyrrole nitrogens is 1. The number of nitrogens with one attached hydrogen (secondary N) is 2. The van der Waals surface area contributed by atoms with Crippen LogP contribution in [-0.4, -0.2) is 28.2 Å². The maximum Gasteiger partial charge on any atom is 0.275 e. The maximum absolute atomic E-state index is 12.2. The molecular formula is C15H14N4O2S. The van der Waals surface area contributed by atoms with Crippen LogP contribution in [0.3, 0.4) is 0 Å². The number of thiazole rings is 1. The topological polar surface area (TPSA) is 79.9 Å². The average Bonchev–Trinajstić information content (AvgIpc) is 3.16. The Morgan fingerprint density at radius 2 is 2.18 bits per heavy atom. The Hall–Kier alpha value is -2.67. The molecule has 7 heteroatoms. The molecule has 2 heterocycles. The van der Waals surface area contributed by atoms with E-state index in [1.165, 1.54) is 11.3 Å². The van der Waals surface area contributed by atoms with Crippen LogP contribution >= 0.6 is 11.3 Å². The minimum Gasteiger partial charge on any atom is -0.496 e. The lowest BCUT2D eigenvalue weighted by Gasteiger charge is -2.04. The van der Waals surface area contributed by atoms with E-state index in [-0.39, 0.29) is 5.91 Å². The van der Waals surface area contributed by atoms with E-state index < -0.39 is 0 Å². The van der Waals surface area contributed by atoms with Gasteiger partial charge in [0.15, 0.2) is 5.13 Å². The number of para-hydroxylation sites is 1. The molecule has 6 nitrogen and oxygen atoms in total. The molecule has 0 bridgehead atoms. The number of benzene rings is 1. The summed E-state index contributed by atoms with van der Waals surface area (Å²) < 4.78 is 5.31. The molecule has 2 N–H and O–H groups in total. The summed E-state index contributed by atoms with van der Waals surface area (Å²) in [5.74, 6) is 0.430. The number of aromatic amines is 1. The number of hydrogen-bond donors (Lipinski definition) is 2. The summed E-state index contributed by atoms with van der Waals surface area (Å²) in [6.45, 7) is 1.88. The van der Waals surface area contributed by atoms with Gasteiger partial charge in [0.2, 0.25) is 0 Å². The number of carbonyl (C=O) groups is 1. The summed E-state index contributed by atoms with van der Waals surface area (Å²) in [4.78, 5) is 16.4. The third-order valence-electron chi connectivity index (χ3n) is 3.04. The molecule has 0 fully saturated rings. The first kappa shape index (κ1) is 14.3. The van der Waals surface area contributed by atoms with Gasteiger partial charge >= 0.3 is 0 Å². The van der Waals surface area contributed by atoms with Gasteiger partial charge in [-0.2, -0.15) is 5.10 Å². The molecule has 0 spiro atoms. The van der Waals surface area contributed by atoms with Crippen molar-refractivity contribution in [2.75, 3.05) is 12.4 Å². The molecule has 22 heavy (non-hydrogen) atoms. The standard InChI is InChI=1S/C15H14N4O2S/c1-9-8-22-15(16-9)17-14(20)12-7-11(18-19-12)10-5-3-4-6-13(10)21-2/h3-8H,1-2H3,(H,18,19)(H,16,17,20). The van der Waals surface area contributed by atoms with E-state index >= 15 is 0 Å². The SMILES string of the molecule is COc1ccccc1-c1cc(C(=O)Nc2nc(C)cs2)[nH]n1. The summed E-state index contributed by atoms with van der Waals surface area (Å²) in [7, 11) is 1.60. The van der Waals surface area contributed by atoms with Crippen molar-refractivity contribution in [2.24, 2.45) is 0 Å². The van der Waals surface area contributed by atoms with Crippen LogP contribution in [0.2, 0.25) is 0 Å². The van der Waals surface area contributed by atoms with Gasteiger partial charge < -0.3 is 4.74 Å². The van der Waals surface area contributed by atoms with Crippen molar-refractivity contribution in [3.05, 3.63) is 47.1 Å². The van der Waals surface area contributed by atoms with E-state index in [0.29, 0.717) is 22.3 Å². The van der Waals surface area contributed by atoms with E-state index in [4.69, 9.17) is 4.74 Å². The van der Waals surface area contributed by atoms with Gasteiger partial charge in [-0.05, 0) is 25.1 Å². The van der Waals surface area contributed by atoms with Crippen LogP contribution in [-0.2, 0) is 0 Å². The molecule has 3 rings (SSSR count). The fourth-order valence-corrected chi connectivity index (χ4v) is 2.69. The first-order chi connectivity index (χ1) is 10.7. The molecular weight excluding hydrogens is 300 g/mol. The quantitative estimate of drug-likeness (QED) is 0.775. The third kappa shape index (κ3) is 2.84. The van der Waals surface area contributed by atoms with Crippen molar-refractivity contribution < 1.29 is 9.53 Å². The lowest BCUT2D eigenvalue weighted by molar-refractivity contribution is 0.102. The fourth-order valence-electron chi connectivity index (χ4n) is 2.01. The normalized spacial score (nSPS) is 10.5. The zero-order valence-electron chi connectivity index (χ0n) is 12.1. The summed E-state index contributed by atoms with van der Waals surface area (Å²) in [5, 5.41) is 12.1. The number of aryl methyl sites for hydroxylation is 1. The van der Waals surface area contributed by atoms with E-state index in [0.717, 1.165) is 11.3 Å². The van der Waals surface area contributed by atoms with Crippen molar-refractivity contribution >= 4 is 22.4 Å². The minimum absolute atomic E-state index is 0.275. The van der Waals surface area contributed by atoms with Crippen LogP contribution in [0.1, 0.15) is 16.2 Å². The van der Waals surface area contributed by atoms with Gasteiger partial charge in [0, 0.05) is 10.9 Å². The molecule has 0 unspecified atom stereocenters. The van der Waals surface area contributed by atoms with Crippen LogP contribution in [0.25, 0.3) is 11.3 Å². The van der Waals surface area contributed by atoms with Crippen molar-refractivity contribution in [2.45, 2.75) is 6.92 Å². The Labute approximate surface area is 131 Å². The predicted molar refractivity (Wildman–Crippen MR) is 85.4 cm³/mol. The number of anilines is 1. The molecule has 1 amide bonds. The van der Waals surface area contributed by atoms with Crippen LogP contribution < -0.4 is 10.1 Å². The molecule has 0 atom stereocenters. The Morgan fingerprint density at radius 1 is 1.36 bits per heavy atom. The Kier molecular flexibility index (Phi) is 3.88. The third-order valence-corrected chi connectivity index (χ3v) is 3.92. The molecule has 1 aromatic carbocycles. The highest BCUT2D eigenvalue weighted by Gasteiger charge is 2.14. The van der Waals surface area contributed by atoms with Gasteiger partial charge in [0.25, 0.3) is 5.91 Å². The van der Waals surface area contributed by atoms with Gasteiger partial charge in [-0.15, -0.1) is 11.3 Å². The monoisotopic (exact) mass is 314 g/mol. The van der Waals surface area contributed by atoms with Crippen LogP contribution in [0.5, 0.6) is 5.75 Å². The number of ether oxygens (including phenoxy) is 1. The van der Waals surface area contributed by atoms with Gasteiger partial charge in [0.05, 0.1) is 18.5 Å². The average molecular weight is 314 g/mol. The van der Waals surface area contributed by atoms with E-state index in [9.17, 15) is 4.79 Å². The maximum atomic E-state index is 12.2. The van der Waals surface area contributed by atoms with Gasteiger partial charge in [-0.1, -0.05) is 12.1 Å². The zero-order chi connectivity index (χ0) is 15.5. The van der Waals surface area contributed by atoms with Crippen LogP contribution in [0.15, 0.2) is 35.7 Å². The number of carbonyl (C=O) groups excluding carboxylic acids is 1. The number of nitrogens with zero attached hydrogens (tertiary/aromatic N) is 2. The second-order valence-corrected chi connectivity index (χ2v) is 5.47. The number of aromatic nitrogens is 3.